The lowest BCUT2D eigenvalue weighted by molar-refractivity contribution is 0.185. The highest BCUT2D eigenvalue weighted by Gasteiger charge is 2.00. The zero-order chi connectivity index (χ0) is 14.4. The summed E-state index contributed by atoms with van der Waals surface area (Å²) < 4.78 is 11.3. The van der Waals surface area contributed by atoms with Gasteiger partial charge in [0.15, 0.2) is 0 Å². The maximum Gasteiger partial charge on any atom is 0.122 e. The second-order valence-electron chi connectivity index (χ2n) is 4.48. The molecule has 2 rings (SSSR count). The summed E-state index contributed by atoms with van der Waals surface area (Å²) in [4.78, 5) is 0. The highest BCUT2D eigenvalue weighted by molar-refractivity contribution is 9.10. The number of halogens is 1. The molecule has 4 heteroatoms. The fourth-order valence-electron chi connectivity index (χ4n) is 1.91. The van der Waals surface area contributed by atoms with E-state index in [4.69, 9.17) is 9.47 Å². The number of nitrogens with one attached hydrogen (secondary N) is 1. The SMILES string of the molecule is COCc1ccc(CNc2cc(Br)cc(OC)c2)cc1. The van der Waals surface area contributed by atoms with Crippen LogP contribution in [0.5, 0.6) is 5.75 Å². The van der Waals surface area contributed by atoms with Crippen molar-refractivity contribution in [2.45, 2.75) is 13.2 Å². The summed E-state index contributed by atoms with van der Waals surface area (Å²) in [5.41, 5.74) is 3.43. The first-order valence-corrected chi connectivity index (χ1v) is 7.16. The summed E-state index contributed by atoms with van der Waals surface area (Å²) in [7, 11) is 3.37. The van der Waals surface area contributed by atoms with Crippen LogP contribution in [0.1, 0.15) is 11.1 Å². The van der Waals surface area contributed by atoms with Crippen LogP contribution >= 0.6 is 15.9 Å². The maximum atomic E-state index is 5.25. The largest absolute Gasteiger partial charge is 0.497 e. The lowest BCUT2D eigenvalue weighted by Crippen LogP contribution is -2.00. The fraction of sp³-hybridized carbons (Fsp3) is 0.250. The molecule has 0 aliphatic heterocycles. The van der Waals surface area contributed by atoms with Gasteiger partial charge in [0.1, 0.15) is 5.75 Å². The van der Waals surface area contributed by atoms with Gasteiger partial charge in [0.05, 0.1) is 13.7 Å². The molecule has 0 unspecified atom stereocenters. The van der Waals surface area contributed by atoms with Crippen molar-refractivity contribution >= 4 is 21.6 Å². The summed E-state index contributed by atoms with van der Waals surface area (Å²) in [6, 6.07) is 14.3. The van der Waals surface area contributed by atoms with E-state index in [1.54, 1.807) is 14.2 Å². The number of ether oxygens (including phenoxy) is 2. The van der Waals surface area contributed by atoms with Crippen molar-refractivity contribution in [3.05, 3.63) is 58.1 Å². The smallest absolute Gasteiger partial charge is 0.122 e. The Balaban J connectivity index is 1.99. The number of rotatable bonds is 6. The first kappa shape index (κ1) is 14.9. The van der Waals surface area contributed by atoms with E-state index in [9.17, 15) is 0 Å². The molecule has 0 atom stereocenters. The highest BCUT2D eigenvalue weighted by Crippen LogP contribution is 2.24. The van der Waals surface area contributed by atoms with Crippen LogP contribution in [-0.2, 0) is 17.9 Å². The van der Waals surface area contributed by atoms with Crippen molar-refractivity contribution < 1.29 is 9.47 Å². The molecule has 0 heterocycles. The summed E-state index contributed by atoms with van der Waals surface area (Å²) >= 11 is 3.47. The Morgan fingerprint density at radius 3 is 2.35 bits per heavy atom. The number of hydrogen-bond donors (Lipinski definition) is 1. The molecule has 2 aromatic rings. The third-order valence-electron chi connectivity index (χ3n) is 2.94. The topological polar surface area (TPSA) is 30.5 Å². The summed E-state index contributed by atoms with van der Waals surface area (Å²) in [6.45, 7) is 1.42. The lowest BCUT2D eigenvalue weighted by atomic mass is 10.1. The predicted octanol–water partition coefficient (Wildman–Crippen LogP) is 4.22. The van der Waals surface area contributed by atoms with Gasteiger partial charge in [0.2, 0.25) is 0 Å². The molecule has 0 aliphatic carbocycles. The molecule has 0 radical (unpaired) electrons. The molecule has 20 heavy (non-hydrogen) atoms. The van der Waals surface area contributed by atoms with E-state index in [0.29, 0.717) is 6.61 Å². The first-order chi connectivity index (χ1) is 9.71. The third kappa shape index (κ3) is 4.25. The highest BCUT2D eigenvalue weighted by atomic mass is 79.9. The molecule has 2 aromatic carbocycles. The van der Waals surface area contributed by atoms with Crippen molar-refractivity contribution in [2.75, 3.05) is 19.5 Å². The van der Waals surface area contributed by atoms with Crippen molar-refractivity contribution in [3.8, 4) is 5.75 Å². The van der Waals surface area contributed by atoms with E-state index in [1.807, 2.05) is 18.2 Å². The van der Waals surface area contributed by atoms with Crippen molar-refractivity contribution in [1.82, 2.24) is 0 Å². The zero-order valence-electron chi connectivity index (χ0n) is 11.7. The van der Waals surface area contributed by atoms with Crippen LogP contribution in [0.2, 0.25) is 0 Å². The van der Waals surface area contributed by atoms with E-state index in [0.717, 1.165) is 22.5 Å². The van der Waals surface area contributed by atoms with Gasteiger partial charge in [-0.3, -0.25) is 0 Å². The summed E-state index contributed by atoms with van der Waals surface area (Å²) in [5, 5.41) is 3.39. The normalized spacial score (nSPS) is 10.3. The van der Waals surface area contributed by atoms with Crippen LogP contribution in [0.4, 0.5) is 5.69 Å². The Bertz CT molecular complexity index is 555. The van der Waals surface area contributed by atoms with E-state index >= 15 is 0 Å². The van der Waals surface area contributed by atoms with Crippen LogP contribution in [0.25, 0.3) is 0 Å². The molecule has 0 spiro atoms. The molecule has 0 bridgehead atoms. The van der Waals surface area contributed by atoms with Crippen LogP contribution in [0.3, 0.4) is 0 Å². The van der Waals surface area contributed by atoms with Gasteiger partial charge in [-0.2, -0.15) is 0 Å². The Hall–Kier alpha value is -1.52. The molecule has 3 nitrogen and oxygen atoms in total. The van der Waals surface area contributed by atoms with E-state index < -0.39 is 0 Å². The minimum Gasteiger partial charge on any atom is -0.497 e. The predicted molar refractivity (Wildman–Crippen MR) is 85.2 cm³/mol. The molecular formula is C16H18BrNO2. The van der Waals surface area contributed by atoms with Crippen LogP contribution < -0.4 is 10.1 Å². The molecule has 0 aromatic heterocycles. The number of anilines is 1. The van der Waals surface area contributed by atoms with E-state index in [1.165, 1.54) is 11.1 Å². The van der Waals surface area contributed by atoms with Crippen molar-refractivity contribution in [2.24, 2.45) is 0 Å². The molecule has 1 N–H and O–H groups in total. The van der Waals surface area contributed by atoms with Crippen LogP contribution in [0.15, 0.2) is 46.9 Å². The Morgan fingerprint density at radius 2 is 1.70 bits per heavy atom. The second kappa shape index (κ2) is 7.31. The monoisotopic (exact) mass is 335 g/mol. The first-order valence-electron chi connectivity index (χ1n) is 6.36. The minimum atomic E-state index is 0.649. The summed E-state index contributed by atoms with van der Waals surface area (Å²) in [6.07, 6.45) is 0. The average molecular weight is 336 g/mol. The molecule has 0 amide bonds. The van der Waals surface area contributed by atoms with E-state index in [-0.39, 0.29) is 0 Å². The summed E-state index contributed by atoms with van der Waals surface area (Å²) in [5.74, 6) is 0.831. The van der Waals surface area contributed by atoms with Crippen LogP contribution in [-0.4, -0.2) is 14.2 Å². The van der Waals surface area contributed by atoms with Gasteiger partial charge in [0, 0.05) is 29.9 Å². The second-order valence-corrected chi connectivity index (χ2v) is 5.40. The number of methoxy groups -OCH3 is 2. The van der Waals surface area contributed by atoms with Gasteiger partial charge in [0.25, 0.3) is 0 Å². The third-order valence-corrected chi connectivity index (χ3v) is 3.40. The Labute approximate surface area is 128 Å². The molecule has 106 valence electrons. The van der Waals surface area contributed by atoms with Crippen LogP contribution in [0, 0.1) is 0 Å². The maximum absolute atomic E-state index is 5.25. The Morgan fingerprint density at radius 1 is 1.00 bits per heavy atom. The molecule has 0 saturated heterocycles. The molecule has 0 fully saturated rings. The van der Waals surface area contributed by atoms with Crippen molar-refractivity contribution in [1.29, 1.82) is 0 Å². The van der Waals surface area contributed by atoms with Gasteiger partial charge in [-0.1, -0.05) is 40.2 Å². The quantitative estimate of drug-likeness (QED) is 0.857. The fourth-order valence-corrected chi connectivity index (χ4v) is 2.38. The van der Waals surface area contributed by atoms with Crippen molar-refractivity contribution in [3.63, 3.8) is 0 Å². The van der Waals surface area contributed by atoms with Gasteiger partial charge < -0.3 is 14.8 Å². The van der Waals surface area contributed by atoms with Gasteiger partial charge in [-0.05, 0) is 23.3 Å². The van der Waals surface area contributed by atoms with Gasteiger partial charge in [-0.15, -0.1) is 0 Å². The van der Waals surface area contributed by atoms with Gasteiger partial charge in [-0.25, -0.2) is 0 Å². The average Bonchev–Trinajstić information content (AvgIpc) is 2.46. The minimum absolute atomic E-state index is 0.649. The van der Waals surface area contributed by atoms with E-state index in [2.05, 4.69) is 45.5 Å². The zero-order valence-corrected chi connectivity index (χ0v) is 13.2. The molecule has 0 aliphatic rings. The number of benzene rings is 2. The lowest BCUT2D eigenvalue weighted by Gasteiger charge is -2.10. The van der Waals surface area contributed by atoms with Gasteiger partial charge >= 0.3 is 0 Å². The molecule has 0 saturated carbocycles. The Kier molecular flexibility index (Phi) is 5.44. The standard InChI is InChI=1S/C16H18BrNO2/c1-19-11-13-5-3-12(4-6-13)10-18-15-7-14(17)8-16(9-15)20-2/h3-9,18H,10-11H2,1-2H3. The number of hydrogen-bond acceptors (Lipinski definition) is 3. The molecular weight excluding hydrogens is 318 g/mol.